The van der Waals surface area contributed by atoms with E-state index in [1.807, 2.05) is 20.8 Å². The highest BCUT2D eigenvalue weighted by molar-refractivity contribution is 7.89. The van der Waals surface area contributed by atoms with Crippen molar-refractivity contribution < 1.29 is 18.3 Å². The number of hydrogen-bond donors (Lipinski definition) is 2. The van der Waals surface area contributed by atoms with Crippen LogP contribution in [-0.2, 0) is 10.0 Å². The van der Waals surface area contributed by atoms with Crippen LogP contribution in [0.25, 0.3) is 0 Å². The molecule has 1 aromatic rings. The minimum absolute atomic E-state index is 0.0190. The Morgan fingerprint density at radius 2 is 1.85 bits per heavy atom. The lowest BCUT2D eigenvalue weighted by Crippen LogP contribution is -2.45. The fourth-order valence-corrected chi connectivity index (χ4v) is 3.62. The molecular weight excluding hydrogens is 278 g/mol. The fourth-order valence-electron chi connectivity index (χ4n) is 1.80. The number of aryl methyl sites for hydroxylation is 1. The highest BCUT2D eigenvalue weighted by atomic mass is 32.2. The first-order chi connectivity index (χ1) is 9.15. The molecule has 0 saturated carbocycles. The largest absolute Gasteiger partial charge is 0.478 e. The molecule has 0 amide bonds. The van der Waals surface area contributed by atoms with Crippen molar-refractivity contribution in [3.05, 3.63) is 29.3 Å². The molecule has 2 N–H and O–H groups in total. The zero-order chi connectivity index (χ0) is 15.6. The first kappa shape index (κ1) is 16.7. The van der Waals surface area contributed by atoms with Gasteiger partial charge >= 0.3 is 5.97 Å². The van der Waals surface area contributed by atoms with Gasteiger partial charge < -0.3 is 5.11 Å². The van der Waals surface area contributed by atoms with Gasteiger partial charge in [0.2, 0.25) is 10.0 Å². The Kier molecular flexibility index (Phi) is 4.94. The highest BCUT2D eigenvalue weighted by Crippen LogP contribution is 2.22. The zero-order valence-corrected chi connectivity index (χ0v) is 13.0. The maximum absolute atomic E-state index is 12.5. The standard InChI is InChI=1S/C14H21NO4S/c1-5-14(4,6-2)15-20(18,19)12-9-11(13(16)17)8-7-10(12)3/h7-9,15H,5-6H2,1-4H3,(H,16,17). The van der Waals surface area contributed by atoms with E-state index in [1.165, 1.54) is 18.2 Å². The summed E-state index contributed by atoms with van der Waals surface area (Å²) < 4.78 is 27.6. The van der Waals surface area contributed by atoms with Gasteiger partial charge in [0.1, 0.15) is 0 Å². The zero-order valence-electron chi connectivity index (χ0n) is 12.2. The molecule has 112 valence electrons. The summed E-state index contributed by atoms with van der Waals surface area (Å²) in [5, 5.41) is 8.98. The number of aromatic carboxylic acids is 1. The van der Waals surface area contributed by atoms with Gasteiger partial charge in [-0.25, -0.2) is 17.9 Å². The van der Waals surface area contributed by atoms with E-state index in [1.54, 1.807) is 6.92 Å². The third-order valence-corrected chi connectivity index (χ3v) is 5.45. The summed E-state index contributed by atoms with van der Waals surface area (Å²) in [6.07, 6.45) is 1.31. The van der Waals surface area contributed by atoms with Crippen LogP contribution in [0.2, 0.25) is 0 Å². The Hall–Kier alpha value is -1.40. The topological polar surface area (TPSA) is 83.5 Å². The van der Waals surface area contributed by atoms with Crippen molar-refractivity contribution in [2.24, 2.45) is 0 Å². The summed E-state index contributed by atoms with van der Waals surface area (Å²) in [4.78, 5) is 11.0. The quantitative estimate of drug-likeness (QED) is 0.845. The Labute approximate surface area is 120 Å². The van der Waals surface area contributed by atoms with Gasteiger partial charge in [-0.05, 0) is 44.4 Å². The molecule has 0 aliphatic rings. The average molecular weight is 299 g/mol. The lowest BCUT2D eigenvalue weighted by Gasteiger charge is -2.28. The van der Waals surface area contributed by atoms with Crippen LogP contribution >= 0.6 is 0 Å². The van der Waals surface area contributed by atoms with E-state index in [0.29, 0.717) is 18.4 Å². The van der Waals surface area contributed by atoms with Gasteiger partial charge in [-0.15, -0.1) is 0 Å². The lowest BCUT2D eigenvalue weighted by molar-refractivity contribution is 0.0696. The molecule has 0 unspecified atom stereocenters. The van der Waals surface area contributed by atoms with Crippen molar-refractivity contribution in [3.8, 4) is 0 Å². The maximum atomic E-state index is 12.5. The predicted molar refractivity (Wildman–Crippen MR) is 77.4 cm³/mol. The number of nitrogens with one attached hydrogen (secondary N) is 1. The van der Waals surface area contributed by atoms with Crippen LogP contribution in [-0.4, -0.2) is 25.0 Å². The number of carboxylic acid groups (broad SMARTS) is 1. The molecule has 0 heterocycles. The Bertz CT molecular complexity index is 604. The van der Waals surface area contributed by atoms with Gasteiger partial charge in [-0.2, -0.15) is 0 Å². The number of benzene rings is 1. The second kappa shape index (κ2) is 5.93. The molecule has 20 heavy (non-hydrogen) atoms. The molecule has 0 aliphatic carbocycles. The van der Waals surface area contributed by atoms with Gasteiger partial charge in [0, 0.05) is 5.54 Å². The summed E-state index contributed by atoms with van der Waals surface area (Å²) in [6.45, 7) is 7.30. The van der Waals surface area contributed by atoms with Gasteiger partial charge in [0.15, 0.2) is 0 Å². The molecule has 0 saturated heterocycles. The molecule has 0 spiro atoms. The van der Waals surface area contributed by atoms with Crippen LogP contribution in [0.1, 0.15) is 49.5 Å². The molecular formula is C14H21NO4S. The minimum atomic E-state index is -3.74. The predicted octanol–water partition coefficient (Wildman–Crippen LogP) is 2.55. The molecule has 0 fully saturated rings. The molecule has 1 aromatic carbocycles. The van der Waals surface area contributed by atoms with E-state index in [-0.39, 0.29) is 10.5 Å². The maximum Gasteiger partial charge on any atom is 0.335 e. The third kappa shape index (κ3) is 3.58. The van der Waals surface area contributed by atoms with E-state index in [2.05, 4.69) is 4.72 Å². The number of carbonyl (C=O) groups is 1. The van der Waals surface area contributed by atoms with Gasteiger partial charge in [0.25, 0.3) is 0 Å². The number of sulfonamides is 1. The molecule has 6 heteroatoms. The van der Waals surface area contributed by atoms with Crippen molar-refractivity contribution in [3.63, 3.8) is 0 Å². The van der Waals surface area contributed by atoms with Gasteiger partial charge in [-0.1, -0.05) is 19.9 Å². The molecule has 0 aliphatic heterocycles. The number of hydrogen-bond acceptors (Lipinski definition) is 3. The van der Waals surface area contributed by atoms with Crippen LogP contribution < -0.4 is 4.72 Å². The first-order valence-corrected chi connectivity index (χ1v) is 8.01. The normalized spacial score (nSPS) is 12.4. The van der Waals surface area contributed by atoms with Crippen molar-refractivity contribution in [1.29, 1.82) is 0 Å². The first-order valence-electron chi connectivity index (χ1n) is 6.53. The van der Waals surface area contributed by atoms with Gasteiger partial charge in [0.05, 0.1) is 10.5 Å². The molecule has 5 nitrogen and oxygen atoms in total. The van der Waals surface area contributed by atoms with E-state index in [4.69, 9.17) is 5.11 Å². The van der Waals surface area contributed by atoms with Crippen LogP contribution in [0.15, 0.2) is 23.1 Å². The number of rotatable bonds is 6. The van der Waals surface area contributed by atoms with Crippen molar-refractivity contribution in [2.75, 3.05) is 0 Å². The summed E-state index contributed by atoms with van der Waals surface area (Å²) >= 11 is 0. The Balaban J connectivity index is 3.28. The van der Waals surface area contributed by atoms with E-state index in [0.717, 1.165) is 0 Å². The third-order valence-electron chi connectivity index (χ3n) is 3.67. The average Bonchev–Trinajstić information content (AvgIpc) is 2.38. The highest BCUT2D eigenvalue weighted by Gasteiger charge is 2.28. The Morgan fingerprint density at radius 1 is 1.30 bits per heavy atom. The summed E-state index contributed by atoms with van der Waals surface area (Å²) in [6, 6.07) is 4.11. The van der Waals surface area contributed by atoms with Crippen molar-refractivity contribution >= 4 is 16.0 Å². The fraction of sp³-hybridized carbons (Fsp3) is 0.500. The second-order valence-electron chi connectivity index (χ2n) is 5.16. The smallest absolute Gasteiger partial charge is 0.335 e. The van der Waals surface area contributed by atoms with Crippen molar-refractivity contribution in [1.82, 2.24) is 4.72 Å². The van der Waals surface area contributed by atoms with E-state index >= 15 is 0 Å². The monoisotopic (exact) mass is 299 g/mol. The molecule has 1 rings (SSSR count). The second-order valence-corrected chi connectivity index (χ2v) is 6.81. The molecule has 0 bridgehead atoms. The minimum Gasteiger partial charge on any atom is -0.478 e. The molecule has 0 atom stereocenters. The SMILES string of the molecule is CCC(C)(CC)NS(=O)(=O)c1cc(C(=O)O)ccc1C. The summed E-state index contributed by atoms with van der Waals surface area (Å²) in [7, 11) is -3.74. The Morgan fingerprint density at radius 3 is 2.30 bits per heavy atom. The lowest BCUT2D eigenvalue weighted by atomic mass is 9.98. The van der Waals surface area contributed by atoms with E-state index < -0.39 is 21.5 Å². The van der Waals surface area contributed by atoms with Crippen LogP contribution in [0, 0.1) is 6.92 Å². The number of carboxylic acids is 1. The molecule has 0 aromatic heterocycles. The summed E-state index contributed by atoms with van der Waals surface area (Å²) in [5.41, 5.74) is -0.0486. The summed E-state index contributed by atoms with van der Waals surface area (Å²) in [5.74, 6) is -1.14. The van der Waals surface area contributed by atoms with Gasteiger partial charge in [-0.3, -0.25) is 0 Å². The molecule has 0 radical (unpaired) electrons. The van der Waals surface area contributed by atoms with Crippen molar-refractivity contribution in [2.45, 2.75) is 51.0 Å². The van der Waals surface area contributed by atoms with Crippen LogP contribution in [0.5, 0.6) is 0 Å². The van der Waals surface area contributed by atoms with Crippen LogP contribution in [0.4, 0.5) is 0 Å². The van der Waals surface area contributed by atoms with E-state index in [9.17, 15) is 13.2 Å². The van der Waals surface area contributed by atoms with Crippen LogP contribution in [0.3, 0.4) is 0 Å².